The van der Waals surface area contributed by atoms with E-state index in [0.717, 1.165) is 10.5 Å². The van der Waals surface area contributed by atoms with Gasteiger partial charge in [0, 0.05) is 23.5 Å². The fourth-order valence-electron chi connectivity index (χ4n) is 5.10. The molecule has 15 heteroatoms. The van der Waals surface area contributed by atoms with Crippen LogP contribution < -0.4 is 9.64 Å². The summed E-state index contributed by atoms with van der Waals surface area (Å²) in [5.74, 6) is 0.508. The maximum atomic E-state index is 13.6. The number of pyridine rings is 1. The zero-order chi connectivity index (χ0) is 32.1. The van der Waals surface area contributed by atoms with Crippen LogP contribution in [0.4, 0.5) is 41.5 Å². The smallest absolute Gasteiger partial charge is 0.416 e. The molecule has 1 aromatic carbocycles. The van der Waals surface area contributed by atoms with Crippen LogP contribution in [0.3, 0.4) is 0 Å². The molecule has 4 heterocycles. The topological polar surface area (TPSA) is 80.7 Å². The first-order chi connectivity index (χ1) is 20.6. The lowest BCUT2D eigenvalue weighted by atomic mass is 9.97. The first-order valence-corrected chi connectivity index (χ1v) is 13.6. The average molecular weight is 628 g/mol. The molecule has 5 rings (SSSR count). The number of methoxy groups -OCH3 is 1. The van der Waals surface area contributed by atoms with Gasteiger partial charge in [0.2, 0.25) is 11.8 Å². The Morgan fingerprint density at radius 3 is 2.16 bits per heavy atom. The van der Waals surface area contributed by atoms with Crippen molar-refractivity contribution in [1.29, 1.82) is 0 Å². The SMILES string of the molecule is COc1ncc(C(C)C)cc1-c1cnc(N2CC(F)C2)nc1CN1C(=O)O[C@@H](c2cc(C(F)(F)F)cc(C(F)(F)F)c2)[C@@H]1C. The van der Waals surface area contributed by atoms with Crippen molar-refractivity contribution >= 4 is 12.0 Å². The third-order valence-corrected chi connectivity index (χ3v) is 7.65. The summed E-state index contributed by atoms with van der Waals surface area (Å²) in [5, 5.41) is 0. The van der Waals surface area contributed by atoms with Gasteiger partial charge in [0.05, 0.1) is 49.6 Å². The predicted octanol–water partition coefficient (Wildman–Crippen LogP) is 6.95. The first-order valence-electron chi connectivity index (χ1n) is 13.6. The van der Waals surface area contributed by atoms with E-state index in [0.29, 0.717) is 23.3 Å². The molecule has 0 aliphatic carbocycles. The summed E-state index contributed by atoms with van der Waals surface area (Å²) in [6.07, 6.45) is -10.5. The van der Waals surface area contributed by atoms with Crippen LogP contribution >= 0.6 is 0 Å². The van der Waals surface area contributed by atoms with Gasteiger partial charge >= 0.3 is 18.4 Å². The van der Waals surface area contributed by atoms with E-state index in [1.807, 2.05) is 19.9 Å². The molecule has 0 bridgehead atoms. The largest absolute Gasteiger partial charge is 0.481 e. The number of halogens is 7. The minimum absolute atomic E-state index is 0.0157. The van der Waals surface area contributed by atoms with Gasteiger partial charge in [-0.3, -0.25) is 4.90 Å². The maximum absolute atomic E-state index is 13.6. The standard InChI is InChI=1S/C29H28F7N5O3/c1-14(2)17-7-21(25(43-4)37-9-17)22-10-38-26(40-11-20(30)12-40)39-23(22)13-41-15(3)24(44-27(41)42)16-5-18(28(31,32)33)8-19(6-16)29(34,35)36/h5-10,14-15,20,24H,11-13H2,1-4H3/t15-,24+/m0/s1. The number of carbonyl (C=O) groups excluding carboxylic acids is 1. The summed E-state index contributed by atoms with van der Waals surface area (Å²) in [6.45, 7) is 5.25. The van der Waals surface area contributed by atoms with Crippen molar-refractivity contribution in [3.63, 3.8) is 0 Å². The van der Waals surface area contributed by atoms with Crippen molar-refractivity contribution in [2.75, 3.05) is 25.1 Å². The highest BCUT2D eigenvalue weighted by atomic mass is 19.4. The number of alkyl halides is 7. The van der Waals surface area contributed by atoms with E-state index in [-0.39, 0.29) is 49.1 Å². The van der Waals surface area contributed by atoms with E-state index in [4.69, 9.17) is 9.47 Å². The number of cyclic esters (lactones) is 1. The highest BCUT2D eigenvalue weighted by molar-refractivity contribution is 5.74. The van der Waals surface area contributed by atoms with Gasteiger partial charge in [-0.15, -0.1) is 0 Å². The molecule has 3 aromatic rings. The molecule has 2 fully saturated rings. The van der Waals surface area contributed by atoms with Gasteiger partial charge in [-0.05, 0) is 48.2 Å². The second kappa shape index (κ2) is 11.4. The Balaban J connectivity index is 1.55. The van der Waals surface area contributed by atoms with Crippen LogP contribution in [0.1, 0.15) is 60.7 Å². The summed E-state index contributed by atoms with van der Waals surface area (Å²) < 4.78 is 106. The van der Waals surface area contributed by atoms with Crippen molar-refractivity contribution < 1.29 is 45.0 Å². The molecule has 0 saturated carbocycles. The molecule has 2 aromatic heterocycles. The van der Waals surface area contributed by atoms with Crippen molar-refractivity contribution in [3.8, 4) is 17.0 Å². The lowest BCUT2D eigenvalue weighted by molar-refractivity contribution is -0.143. The lowest BCUT2D eigenvalue weighted by Gasteiger charge is -2.34. The second-order valence-corrected chi connectivity index (χ2v) is 11.0. The van der Waals surface area contributed by atoms with E-state index in [2.05, 4.69) is 15.0 Å². The quantitative estimate of drug-likeness (QED) is 0.263. The number of hydrogen-bond acceptors (Lipinski definition) is 7. The molecule has 0 radical (unpaired) electrons. The Labute approximate surface area is 247 Å². The average Bonchev–Trinajstić information content (AvgIpc) is 3.22. The number of anilines is 1. The van der Waals surface area contributed by atoms with Gasteiger partial charge in [-0.25, -0.2) is 24.1 Å². The van der Waals surface area contributed by atoms with Crippen LogP contribution in [0.15, 0.2) is 36.7 Å². The second-order valence-electron chi connectivity index (χ2n) is 11.0. The Bertz CT molecular complexity index is 1530. The predicted molar refractivity (Wildman–Crippen MR) is 144 cm³/mol. The number of nitrogens with zero attached hydrogens (tertiary/aromatic N) is 5. The number of carbonyl (C=O) groups is 1. The summed E-state index contributed by atoms with van der Waals surface area (Å²) in [6, 6.07) is 1.94. The van der Waals surface area contributed by atoms with Crippen LogP contribution in [-0.4, -0.2) is 58.4 Å². The maximum Gasteiger partial charge on any atom is 0.416 e. The van der Waals surface area contributed by atoms with Gasteiger partial charge in [0.25, 0.3) is 0 Å². The molecule has 2 atom stereocenters. The number of benzene rings is 1. The Morgan fingerprint density at radius 1 is 0.977 bits per heavy atom. The monoisotopic (exact) mass is 627 g/mol. The van der Waals surface area contributed by atoms with Crippen molar-refractivity contribution in [2.45, 2.75) is 63.9 Å². The van der Waals surface area contributed by atoms with Crippen molar-refractivity contribution in [3.05, 3.63) is 64.6 Å². The molecular formula is C29H28F7N5O3. The van der Waals surface area contributed by atoms with E-state index in [1.54, 1.807) is 11.1 Å². The van der Waals surface area contributed by atoms with E-state index in [9.17, 15) is 35.5 Å². The molecule has 8 nitrogen and oxygen atoms in total. The van der Waals surface area contributed by atoms with Gasteiger partial charge in [0.15, 0.2) is 0 Å². The Hall–Kier alpha value is -4.17. The van der Waals surface area contributed by atoms with Gasteiger partial charge in [0.1, 0.15) is 12.3 Å². The highest BCUT2D eigenvalue weighted by Crippen LogP contribution is 2.42. The third-order valence-electron chi connectivity index (χ3n) is 7.65. The Morgan fingerprint density at radius 2 is 1.61 bits per heavy atom. The third kappa shape index (κ3) is 6.09. The van der Waals surface area contributed by atoms with Crippen LogP contribution in [0.5, 0.6) is 5.88 Å². The summed E-state index contributed by atoms with van der Waals surface area (Å²) in [7, 11) is 1.42. The molecule has 1 amide bonds. The van der Waals surface area contributed by atoms with Crippen LogP contribution in [-0.2, 0) is 23.6 Å². The molecule has 44 heavy (non-hydrogen) atoms. The fraction of sp³-hybridized carbons (Fsp3) is 0.448. The van der Waals surface area contributed by atoms with Gasteiger partial charge in [-0.1, -0.05) is 13.8 Å². The number of hydrogen-bond donors (Lipinski definition) is 0. The van der Waals surface area contributed by atoms with Crippen LogP contribution in [0, 0.1) is 0 Å². The number of aromatic nitrogens is 3. The van der Waals surface area contributed by atoms with E-state index >= 15 is 0 Å². The number of rotatable bonds is 7. The lowest BCUT2D eigenvalue weighted by Crippen LogP contribution is -2.49. The molecular weight excluding hydrogens is 599 g/mol. The minimum atomic E-state index is -5.07. The molecule has 236 valence electrons. The molecule has 0 unspecified atom stereocenters. The summed E-state index contributed by atoms with van der Waals surface area (Å²) in [5.41, 5.74) is -1.45. The van der Waals surface area contributed by atoms with E-state index in [1.165, 1.54) is 20.2 Å². The minimum Gasteiger partial charge on any atom is -0.481 e. The fourth-order valence-corrected chi connectivity index (χ4v) is 5.10. The molecule has 0 spiro atoms. The molecule has 2 saturated heterocycles. The molecule has 2 aliphatic heterocycles. The highest BCUT2D eigenvalue weighted by Gasteiger charge is 2.44. The number of amides is 1. The van der Waals surface area contributed by atoms with Crippen molar-refractivity contribution in [2.24, 2.45) is 0 Å². The molecule has 0 N–H and O–H groups in total. The van der Waals surface area contributed by atoms with Crippen LogP contribution in [0.2, 0.25) is 0 Å². The summed E-state index contributed by atoms with van der Waals surface area (Å²) in [4.78, 5) is 29.2. The zero-order valence-corrected chi connectivity index (χ0v) is 24.0. The van der Waals surface area contributed by atoms with Crippen LogP contribution in [0.25, 0.3) is 11.1 Å². The Kier molecular flexibility index (Phi) is 8.10. The van der Waals surface area contributed by atoms with Gasteiger partial charge in [-0.2, -0.15) is 26.3 Å². The normalized spacial score (nSPS) is 19.4. The first kappa shape index (κ1) is 31.3. The van der Waals surface area contributed by atoms with Gasteiger partial charge < -0.3 is 14.4 Å². The molecule has 2 aliphatic rings. The van der Waals surface area contributed by atoms with E-state index < -0.39 is 53.5 Å². The van der Waals surface area contributed by atoms with Crippen molar-refractivity contribution in [1.82, 2.24) is 19.9 Å². The number of ether oxygens (including phenoxy) is 2. The summed E-state index contributed by atoms with van der Waals surface area (Å²) >= 11 is 0. The zero-order valence-electron chi connectivity index (χ0n) is 24.0.